The highest BCUT2D eigenvalue weighted by atomic mass is 35.6. The Labute approximate surface area is 450 Å². The van der Waals surface area contributed by atoms with Crippen LogP contribution in [0, 0.1) is 5.41 Å². The van der Waals surface area contributed by atoms with E-state index in [1.54, 1.807) is 109 Å². The summed E-state index contributed by atoms with van der Waals surface area (Å²) in [6.07, 6.45) is -17.7. The summed E-state index contributed by atoms with van der Waals surface area (Å²) in [5.41, 5.74) is 0.282. The number of hydrogen-bond acceptors (Lipinski definition) is 17. The van der Waals surface area contributed by atoms with Gasteiger partial charge in [-0.1, -0.05) is 144 Å². The first-order valence-corrected chi connectivity index (χ1v) is 24.6. The van der Waals surface area contributed by atoms with Gasteiger partial charge < -0.3 is 47.4 Å². The van der Waals surface area contributed by atoms with Gasteiger partial charge in [-0.2, -0.15) is 0 Å². The summed E-state index contributed by atoms with van der Waals surface area (Å²) in [4.78, 5) is 84.7. The SMILES string of the molecule is C[C@@H]1O[C@@H](OC(=N)C(Cl)(Cl)Cl)[C@H](OC(=O)c2ccccc2)[C@H](OC(=O)c2ccccc2)[C@H]1O[C@@H]1O[C@H](COC(=O)c2ccccc2)[C@@H](OC(=O)c2ccccc2)[C@H](OC(=O)c2ccccc2)[C@H]1OC(=O)c1ccccc1. The molecule has 2 saturated heterocycles. The quantitative estimate of drug-likeness (QED) is 0.0314. The number of rotatable bonds is 16. The molecular weight excluding hydrogens is 1050 g/mol. The Morgan fingerprint density at radius 1 is 0.408 bits per heavy atom. The standard InChI is InChI=1S/C56H46Cl3NO16/c1-33-41(43(71-49(63)36-24-12-4-13-25-36)45(53(68-33)76-55(60)56(57,58)59)73-51(65)38-28-16-6-17-29-38)75-54-46(74-52(66)39-30-18-7-19-31-39)44(72-50(64)37-26-14-5-15-27-37)42(70-48(62)35-22-10-3-11-23-35)40(69-54)32-67-47(61)34-20-8-2-9-21-34/h2-31,33,40-46,53-54,60H,32H2,1H3/t33-,40+,41-,42+,43+,44-,45+,46+,53-,54-/m0/s1. The molecule has 2 aliphatic rings. The minimum absolute atomic E-state index is 0.0134. The first-order chi connectivity index (χ1) is 36.6. The molecule has 76 heavy (non-hydrogen) atoms. The van der Waals surface area contributed by atoms with Crippen LogP contribution in [-0.4, -0.2) is 114 Å². The van der Waals surface area contributed by atoms with Crippen molar-refractivity contribution in [1.29, 1.82) is 5.41 Å². The zero-order chi connectivity index (χ0) is 53.8. The predicted molar refractivity (Wildman–Crippen MR) is 272 cm³/mol. The monoisotopic (exact) mass is 1090 g/mol. The number of ether oxygens (including phenoxy) is 10. The third kappa shape index (κ3) is 13.8. The van der Waals surface area contributed by atoms with Crippen molar-refractivity contribution in [3.63, 3.8) is 0 Å². The summed E-state index contributed by atoms with van der Waals surface area (Å²) in [6, 6.07) is 46.5. The molecule has 0 spiro atoms. The van der Waals surface area contributed by atoms with Gasteiger partial charge in [0.05, 0.1) is 39.5 Å². The molecule has 2 heterocycles. The molecule has 0 radical (unpaired) electrons. The van der Waals surface area contributed by atoms with Gasteiger partial charge in [0.2, 0.25) is 18.3 Å². The molecule has 2 fully saturated rings. The molecule has 0 saturated carbocycles. The minimum atomic E-state index is -2.47. The lowest BCUT2D eigenvalue weighted by molar-refractivity contribution is -0.347. The van der Waals surface area contributed by atoms with Gasteiger partial charge in [-0.25, -0.2) is 28.8 Å². The first-order valence-electron chi connectivity index (χ1n) is 23.5. The van der Waals surface area contributed by atoms with E-state index in [4.69, 9.17) is 87.6 Å². The van der Waals surface area contributed by atoms with Gasteiger partial charge in [0.1, 0.15) is 18.8 Å². The van der Waals surface area contributed by atoms with Crippen LogP contribution < -0.4 is 0 Å². The van der Waals surface area contributed by atoms with E-state index < -0.39 is 114 Å². The fourth-order valence-corrected chi connectivity index (χ4v) is 8.16. The smallest absolute Gasteiger partial charge is 0.338 e. The van der Waals surface area contributed by atoms with Crippen LogP contribution in [0.2, 0.25) is 0 Å². The predicted octanol–water partition coefficient (Wildman–Crippen LogP) is 9.19. The van der Waals surface area contributed by atoms with Crippen LogP contribution in [0.1, 0.15) is 69.1 Å². The number of esters is 6. The molecule has 0 aromatic heterocycles. The summed E-state index contributed by atoms with van der Waals surface area (Å²) in [6.45, 7) is 0.720. The second-order valence-corrected chi connectivity index (χ2v) is 19.2. The first kappa shape index (κ1) is 54.6. The molecule has 0 bridgehead atoms. The number of halogens is 3. The third-order valence-electron chi connectivity index (χ3n) is 11.8. The normalized spacial score (nSPS) is 23.1. The van der Waals surface area contributed by atoms with E-state index >= 15 is 0 Å². The van der Waals surface area contributed by atoms with Crippen LogP contribution in [0.15, 0.2) is 182 Å². The molecule has 2 aliphatic heterocycles. The zero-order valence-corrected chi connectivity index (χ0v) is 42.2. The lowest BCUT2D eigenvalue weighted by Crippen LogP contribution is -2.66. The highest BCUT2D eigenvalue weighted by molar-refractivity contribution is 6.76. The van der Waals surface area contributed by atoms with Crippen molar-refractivity contribution in [2.75, 3.05) is 6.61 Å². The summed E-state index contributed by atoms with van der Waals surface area (Å²) in [5.74, 6) is -6.70. The van der Waals surface area contributed by atoms with E-state index in [-0.39, 0.29) is 33.4 Å². The molecule has 1 N–H and O–H groups in total. The van der Waals surface area contributed by atoms with Crippen LogP contribution in [0.4, 0.5) is 0 Å². The number of alkyl halides is 3. The van der Waals surface area contributed by atoms with E-state index in [2.05, 4.69) is 0 Å². The molecule has 20 heteroatoms. The number of carbonyl (C=O) groups excluding carboxylic acids is 6. The van der Waals surface area contributed by atoms with Gasteiger partial charge in [0.15, 0.2) is 30.7 Å². The molecule has 10 atom stereocenters. The van der Waals surface area contributed by atoms with Crippen LogP contribution >= 0.6 is 34.8 Å². The molecule has 8 rings (SSSR count). The van der Waals surface area contributed by atoms with E-state index in [9.17, 15) is 28.8 Å². The second-order valence-electron chi connectivity index (χ2n) is 16.9. The zero-order valence-electron chi connectivity index (χ0n) is 40.0. The minimum Gasteiger partial charge on any atom is -0.459 e. The maximum atomic E-state index is 14.4. The molecule has 6 aromatic rings. The Bertz CT molecular complexity index is 2960. The summed E-state index contributed by atoms with van der Waals surface area (Å²) in [7, 11) is 0. The third-order valence-corrected chi connectivity index (χ3v) is 12.3. The van der Waals surface area contributed by atoms with E-state index in [0.717, 1.165) is 0 Å². The van der Waals surface area contributed by atoms with E-state index in [1.807, 2.05) is 0 Å². The van der Waals surface area contributed by atoms with Crippen LogP contribution in [-0.2, 0) is 47.4 Å². The number of carbonyl (C=O) groups is 6. The van der Waals surface area contributed by atoms with Crippen molar-refractivity contribution in [1.82, 2.24) is 0 Å². The molecule has 0 unspecified atom stereocenters. The van der Waals surface area contributed by atoms with Crippen molar-refractivity contribution < 1.29 is 76.1 Å². The van der Waals surface area contributed by atoms with Gasteiger partial charge in [-0.05, 0) is 79.7 Å². The van der Waals surface area contributed by atoms with E-state index in [0.29, 0.717) is 0 Å². The van der Waals surface area contributed by atoms with Gasteiger partial charge >= 0.3 is 35.8 Å². The van der Waals surface area contributed by atoms with Crippen molar-refractivity contribution in [3.05, 3.63) is 215 Å². The Balaban J connectivity index is 1.26. The summed E-state index contributed by atoms with van der Waals surface area (Å²) >= 11 is 18.2. The molecule has 0 amide bonds. The summed E-state index contributed by atoms with van der Waals surface area (Å²) < 4.78 is 59.6. The van der Waals surface area contributed by atoms with Gasteiger partial charge in [0, 0.05) is 0 Å². The molecular formula is C56H46Cl3NO16. The Hall–Kier alpha value is -7.64. The van der Waals surface area contributed by atoms with Crippen molar-refractivity contribution in [2.24, 2.45) is 0 Å². The fourth-order valence-electron chi connectivity index (χ4n) is 8.02. The average Bonchev–Trinajstić information content (AvgIpc) is 3.44. The van der Waals surface area contributed by atoms with Crippen LogP contribution in [0.5, 0.6) is 0 Å². The topological polar surface area (TPSA) is 219 Å². The van der Waals surface area contributed by atoms with Crippen LogP contribution in [0.25, 0.3) is 0 Å². The van der Waals surface area contributed by atoms with Crippen LogP contribution in [0.3, 0.4) is 0 Å². The molecule has 392 valence electrons. The van der Waals surface area contributed by atoms with Gasteiger partial charge in [0.25, 0.3) is 3.79 Å². The number of nitrogens with one attached hydrogen (secondary N) is 1. The number of hydrogen-bond donors (Lipinski definition) is 1. The Morgan fingerprint density at radius 2 is 0.711 bits per heavy atom. The highest BCUT2D eigenvalue weighted by Crippen LogP contribution is 2.38. The lowest BCUT2D eigenvalue weighted by atomic mass is 9.96. The highest BCUT2D eigenvalue weighted by Gasteiger charge is 2.58. The Morgan fingerprint density at radius 3 is 1.07 bits per heavy atom. The maximum Gasteiger partial charge on any atom is 0.338 e. The van der Waals surface area contributed by atoms with Crippen molar-refractivity contribution in [3.8, 4) is 0 Å². The maximum absolute atomic E-state index is 14.4. The van der Waals surface area contributed by atoms with Gasteiger partial charge in [-0.15, -0.1) is 0 Å². The molecule has 6 aromatic carbocycles. The summed E-state index contributed by atoms with van der Waals surface area (Å²) in [5, 5.41) is 8.49. The lowest BCUT2D eigenvalue weighted by Gasteiger charge is -2.48. The average molecular weight is 1100 g/mol. The van der Waals surface area contributed by atoms with E-state index in [1.165, 1.54) is 79.7 Å². The fraction of sp³-hybridized carbons (Fsp3) is 0.232. The largest absolute Gasteiger partial charge is 0.459 e. The molecule has 0 aliphatic carbocycles. The van der Waals surface area contributed by atoms with Gasteiger partial charge in [-0.3, -0.25) is 5.41 Å². The van der Waals surface area contributed by atoms with Crippen molar-refractivity contribution >= 4 is 76.5 Å². The van der Waals surface area contributed by atoms with Crippen molar-refractivity contribution in [2.45, 2.75) is 72.1 Å². The second kappa shape index (κ2) is 25.3. The number of benzene rings is 6. The molecule has 17 nitrogen and oxygen atoms in total. The Kier molecular flexibility index (Phi) is 18.2.